The van der Waals surface area contributed by atoms with Crippen LogP contribution in [-0.2, 0) is 17.6 Å². The Morgan fingerprint density at radius 1 is 1.04 bits per heavy atom. The number of rotatable bonds is 5. The topological polar surface area (TPSA) is 68.0 Å². The van der Waals surface area contributed by atoms with E-state index in [9.17, 15) is 9.18 Å². The molecular weight excluding hydrogens is 321 g/mol. The molecule has 0 unspecified atom stereocenters. The Bertz CT molecular complexity index is 888. The highest BCUT2D eigenvalue weighted by Gasteiger charge is 2.11. The first kappa shape index (κ1) is 16.8. The van der Waals surface area contributed by atoms with Crippen LogP contribution in [0, 0.1) is 19.7 Å². The lowest BCUT2D eigenvalue weighted by Crippen LogP contribution is -2.14. The minimum atomic E-state index is -0.336. The maximum atomic E-state index is 12.9. The SMILES string of the molecule is Cc1ccc(Cc2nnc(NC(=O)Cc3ccc(F)cc3)o2)cc1C. The minimum Gasteiger partial charge on any atom is -0.407 e. The minimum absolute atomic E-state index is 0.0611. The first-order valence-electron chi connectivity index (χ1n) is 7.92. The molecule has 0 radical (unpaired) electrons. The van der Waals surface area contributed by atoms with Gasteiger partial charge in [-0.1, -0.05) is 35.4 Å². The van der Waals surface area contributed by atoms with E-state index in [1.807, 2.05) is 19.1 Å². The summed E-state index contributed by atoms with van der Waals surface area (Å²) in [4.78, 5) is 12.0. The van der Waals surface area contributed by atoms with E-state index in [1.54, 1.807) is 12.1 Å². The summed E-state index contributed by atoms with van der Waals surface area (Å²) in [6, 6.07) is 12.0. The fourth-order valence-electron chi connectivity index (χ4n) is 2.41. The second kappa shape index (κ2) is 7.25. The number of hydrogen-bond donors (Lipinski definition) is 1. The molecule has 128 valence electrons. The van der Waals surface area contributed by atoms with E-state index in [-0.39, 0.29) is 24.2 Å². The van der Waals surface area contributed by atoms with Gasteiger partial charge in [0.2, 0.25) is 11.8 Å². The highest BCUT2D eigenvalue weighted by Crippen LogP contribution is 2.15. The quantitative estimate of drug-likeness (QED) is 0.771. The molecule has 0 aliphatic heterocycles. The smallest absolute Gasteiger partial charge is 0.322 e. The summed E-state index contributed by atoms with van der Waals surface area (Å²) in [5.41, 5.74) is 4.19. The summed E-state index contributed by atoms with van der Waals surface area (Å²) in [5, 5.41) is 10.4. The molecule has 6 heteroatoms. The first-order valence-corrected chi connectivity index (χ1v) is 7.92. The number of carbonyl (C=O) groups excluding carboxylic acids is 1. The van der Waals surface area contributed by atoms with Crippen LogP contribution in [0.4, 0.5) is 10.4 Å². The molecule has 0 fully saturated rings. The Balaban J connectivity index is 1.60. The van der Waals surface area contributed by atoms with Crippen molar-refractivity contribution in [2.75, 3.05) is 5.32 Å². The maximum absolute atomic E-state index is 12.9. The summed E-state index contributed by atoms with van der Waals surface area (Å²) < 4.78 is 18.3. The number of anilines is 1. The molecule has 25 heavy (non-hydrogen) atoms. The van der Waals surface area contributed by atoms with Gasteiger partial charge in [-0.15, -0.1) is 5.10 Å². The number of hydrogen-bond acceptors (Lipinski definition) is 4. The molecule has 5 nitrogen and oxygen atoms in total. The molecule has 1 amide bonds. The zero-order valence-corrected chi connectivity index (χ0v) is 14.0. The van der Waals surface area contributed by atoms with E-state index in [0.29, 0.717) is 17.9 Å². The molecule has 0 saturated heterocycles. The van der Waals surface area contributed by atoms with Crippen molar-refractivity contribution in [3.8, 4) is 0 Å². The fraction of sp³-hybridized carbons (Fsp3) is 0.211. The van der Waals surface area contributed by atoms with Crippen LogP contribution in [0.15, 0.2) is 46.9 Å². The Hall–Kier alpha value is -3.02. The number of carbonyl (C=O) groups is 1. The Morgan fingerprint density at radius 3 is 2.48 bits per heavy atom. The van der Waals surface area contributed by atoms with Crippen LogP contribution in [0.1, 0.15) is 28.1 Å². The first-order chi connectivity index (χ1) is 12.0. The van der Waals surface area contributed by atoms with Gasteiger partial charge >= 0.3 is 6.01 Å². The molecule has 0 saturated carbocycles. The van der Waals surface area contributed by atoms with Gasteiger partial charge in [0.25, 0.3) is 0 Å². The van der Waals surface area contributed by atoms with Crippen LogP contribution in [0.25, 0.3) is 0 Å². The summed E-state index contributed by atoms with van der Waals surface area (Å²) in [7, 11) is 0. The van der Waals surface area contributed by atoms with Crippen molar-refractivity contribution in [1.29, 1.82) is 0 Å². The van der Waals surface area contributed by atoms with Crippen LogP contribution >= 0.6 is 0 Å². The number of aryl methyl sites for hydroxylation is 2. The molecule has 3 rings (SSSR count). The lowest BCUT2D eigenvalue weighted by atomic mass is 10.0. The van der Waals surface area contributed by atoms with E-state index in [1.165, 1.54) is 23.3 Å². The average molecular weight is 339 g/mol. The van der Waals surface area contributed by atoms with Crippen molar-refractivity contribution in [2.45, 2.75) is 26.7 Å². The molecule has 0 atom stereocenters. The van der Waals surface area contributed by atoms with Crippen molar-refractivity contribution in [2.24, 2.45) is 0 Å². The summed E-state index contributed by atoms with van der Waals surface area (Å²) in [6.45, 7) is 4.11. The number of benzene rings is 2. The van der Waals surface area contributed by atoms with Gasteiger partial charge in [-0.05, 0) is 48.2 Å². The number of nitrogens with zero attached hydrogens (tertiary/aromatic N) is 2. The Labute approximate surface area is 144 Å². The molecule has 0 aliphatic rings. The molecule has 3 aromatic rings. The van der Waals surface area contributed by atoms with Gasteiger partial charge in [-0.2, -0.15) is 0 Å². The molecule has 1 N–H and O–H groups in total. The van der Waals surface area contributed by atoms with Crippen molar-refractivity contribution in [3.63, 3.8) is 0 Å². The fourth-order valence-corrected chi connectivity index (χ4v) is 2.41. The normalized spacial score (nSPS) is 10.7. The average Bonchev–Trinajstić information content (AvgIpc) is 3.00. The standard InChI is InChI=1S/C19H18FN3O2/c1-12-3-4-15(9-13(12)2)11-18-22-23-19(25-18)21-17(24)10-14-5-7-16(20)8-6-14/h3-9H,10-11H2,1-2H3,(H,21,23,24). The van der Waals surface area contributed by atoms with Gasteiger partial charge in [-0.3, -0.25) is 10.1 Å². The third-order valence-electron chi connectivity index (χ3n) is 3.92. The van der Waals surface area contributed by atoms with E-state index in [0.717, 1.165) is 5.56 Å². The largest absolute Gasteiger partial charge is 0.407 e. The van der Waals surface area contributed by atoms with Gasteiger partial charge in [0, 0.05) is 0 Å². The van der Waals surface area contributed by atoms with E-state index >= 15 is 0 Å². The summed E-state index contributed by atoms with van der Waals surface area (Å²) in [6.07, 6.45) is 0.608. The van der Waals surface area contributed by atoms with E-state index in [4.69, 9.17) is 4.42 Å². The third-order valence-corrected chi connectivity index (χ3v) is 3.92. The van der Waals surface area contributed by atoms with Crippen LogP contribution in [-0.4, -0.2) is 16.1 Å². The molecule has 0 aliphatic carbocycles. The zero-order chi connectivity index (χ0) is 17.8. The van der Waals surface area contributed by atoms with Crippen molar-refractivity contribution < 1.29 is 13.6 Å². The van der Waals surface area contributed by atoms with Crippen LogP contribution in [0.5, 0.6) is 0 Å². The zero-order valence-electron chi connectivity index (χ0n) is 14.0. The van der Waals surface area contributed by atoms with Crippen molar-refractivity contribution >= 4 is 11.9 Å². The van der Waals surface area contributed by atoms with Gasteiger partial charge < -0.3 is 4.42 Å². The van der Waals surface area contributed by atoms with Gasteiger partial charge in [0.1, 0.15) is 5.82 Å². The predicted molar refractivity (Wildman–Crippen MR) is 91.8 cm³/mol. The number of aromatic nitrogens is 2. The maximum Gasteiger partial charge on any atom is 0.322 e. The Kier molecular flexibility index (Phi) is 4.88. The second-order valence-electron chi connectivity index (χ2n) is 5.95. The lowest BCUT2D eigenvalue weighted by Gasteiger charge is -2.03. The van der Waals surface area contributed by atoms with Crippen molar-refractivity contribution in [3.05, 3.63) is 76.4 Å². The van der Waals surface area contributed by atoms with Gasteiger partial charge in [0.05, 0.1) is 12.8 Å². The molecule has 0 spiro atoms. The lowest BCUT2D eigenvalue weighted by molar-refractivity contribution is -0.115. The predicted octanol–water partition coefficient (Wildman–Crippen LogP) is 3.60. The van der Waals surface area contributed by atoms with Crippen LogP contribution in [0.2, 0.25) is 0 Å². The molecule has 0 bridgehead atoms. The third kappa shape index (κ3) is 4.50. The van der Waals surface area contributed by atoms with Crippen LogP contribution in [0.3, 0.4) is 0 Å². The second-order valence-corrected chi connectivity index (χ2v) is 5.95. The highest BCUT2D eigenvalue weighted by atomic mass is 19.1. The number of halogens is 1. The summed E-state index contributed by atoms with van der Waals surface area (Å²) >= 11 is 0. The highest BCUT2D eigenvalue weighted by molar-refractivity contribution is 5.90. The van der Waals surface area contributed by atoms with Crippen molar-refractivity contribution in [1.82, 2.24) is 10.2 Å². The van der Waals surface area contributed by atoms with E-state index < -0.39 is 0 Å². The molecule has 2 aromatic carbocycles. The summed E-state index contributed by atoms with van der Waals surface area (Å²) in [5.74, 6) is -0.203. The van der Waals surface area contributed by atoms with Crippen LogP contribution < -0.4 is 5.32 Å². The van der Waals surface area contributed by atoms with Gasteiger partial charge in [0.15, 0.2) is 0 Å². The van der Waals surface area contributed by atoms with E-state index in [2.05, 4.69) is 28.5 Å². The molecular formula is C19H18FN3O2. The van der Waals surface area contributed by atoms with Gasteiger partial charge in [-0.25, -0.2) is 4.39 Å². The number of nitrogens with one attached hydrogen (secondary N) is 1. The number of amides is 1. The molecule has 1 heterocycles. The molecule has 1 aromatic heterocycles. The Morgan fingerprint density at radius 2 is 1.76 bits per heavy atom. The monoisotopic (exact) mass is 339 g/mol.